The average Bonchev–Trinajstić information content (AvgIpc) is 2.55. The lowest BCUT2D eigenvalue weighted by Gasteiger charge is -2.30. The van der Waals surface area contributed by atoms with Gasteiger partial charge in [0, 0.05) is 12.1 Å². The lowest BCUT2D eigenvalue weighted by atomic mass is 10.1. The molecule has 2 aromatic rings. The number of benzene rings is 1. The topological polar surface area (TPSA) is 50.2 Å². The van der Waals surface area contributed by atoms with Crippen LogP contribution < -0.4 is 10.9 Å². The molecule has 1 N–H and O–H groups in total. The zero-order chi connectivity index (χ0) is 17.3. The van der Waals surface area contributed by atoms with Crippen molar-refractivity contribution in [3.63, 3.8) is 0 Å². The van der Waals surface area contributed by atoms with Gasteiger partial charge in [-0.2, -0.15) is 9.78 Å². The highest BCUT2D eigenvalue weighted by molar-refractivity contribution is 6.32. The SMILES string of the molecule is CN1CCC(Nc2cnn(-c3ccc(F)cc3F)c(=O)c2Cl)CC1. The first kappa shape index (κ1) is 16.9. The predicted octanol–water partition coefficient (Wildman–Crippen LogP) is 2.67. The van der Waals surface area contributed by atoms with E-state index in [1.165, 1.54) is 6.20 Å². The van der Waals surface area contributed by atoms with E-state index in [2.05, 4.69) is 22.4 Å². The second-order valence-corrected chi connectivity index (χ2v) is 6.28. The highest BCUT2D eigenvalue weighted by atomic mass is 35.5. The Morgan fingerprint density at radius 1 is 1.29 bits per heavy atom. The molecule has 1 aromatic carbocycles. The van der Waals surface area contributed by atoms with Crippen molar-refractivity contribution in [3.05, 3.63) is 51.4 Å². The third-order valence-electron chi connectivity index (χ3n) is 4.14. The minimum absolute atomic E-state index is 0.0624. The maximum atomic E-state index is 13.9. The lowest BCUT2D eigenvalue weighted by molar-refractivity contribution is 0.264. The predicted molar refractivity (Wildman–Crippen MR) is 88.9 cm³/mol. The van der Waals surface area contributed by atoms with Gasteiger partial charge in [-0.15, -0.1) is 0 Å². The van der Waals surface area contributed by atoms with Crippen LogP contribution in [0.25, 0.3) is 5.69 Å². The Bertz CT molecular complexity index is 803. The van der Waals surface area contributed by atoms with Crippen molar-refractivity contribution in [1.29, 1.82) is 0 Å². The van der Waals surface area contributed by atoms with Gasteiger partial charge < -0.3 is 10.2 Å². The Morgan fingerprint density at radius 3 is 2.67 bits per heavy atom. The zero-order valence-corrected chi connectivity index (χ0v) is 13.9. The van der Waals surface area contributed by atoms with Crippen LogP contribution in [0.3, 0.4) is 0 Å². The number of hydrogen-bond acceptors (Lipinski definition) is 4. The van der Waals surface area contributed by atoms with Gasteiger partial charge in [-0.25, -0.2) is 8.78 Å². The molecule has 24 heavy (non-hydrogen) atoms. The van der Waals surface area contributed by atoms with E-state index in [1.807, 2.05) is 0 Å². The Kier molecular flexibility index (Phi) is 4.82. The summed E-state index contributed by atoms with van der Waals surface area (Å²) < 4.78 is 27.7. The second kappa shape index (κ2) is 6.86. The lowest BCUT2D eigenvalue weighted by Crippen LogP contribution is -2.37. The molecule has 0 aliphatic carbocycles. The molecule has 1 saturated heterocycles. The number of nitrogens with zero attached hydrogens (tertiary/aromatic N) is 3. The van der Waals surface area contributed by atoms with Crippen LogP contribution >= 0.6 is 11.6 Å². The summed E-state index contributed by atoms with van der Waals surface area (Å²) in [5, 5.41) is 7.13. The van der Waals surface area contributed by atoms with E-state index < -0.39 is 17.2 Å². The van der Waals surface area contributed by atoms with Crippen LogP contribution in [0.5, 0.6) is 0 Å². The fraction of sp³-hybridized carbons (Fsp3) is 0.375. The van der Waals surface area contributed by atoms with Crippen LogP contribution in [0.4, 0.5) is 14.5 Å². The van der Waals surface area contributed by atoms with Crippen molar-refractivity contribution >= 4 is 17.3 Å². The first-order valence-electron chi connectivity index (χ1n) is 7.64. The van der Waals surface area contributed by atoms with Gasteiger partial charge in [0.15, 0.2) is 5.82 Å². The maximum Gasteiger partial charge on any atom is 0.292 e. The van der Waals surface area contributed by atoms with Crippen LogP contribution in [0, 0.1) is 11.6 Å². The average molecular weight is 355 g/mol. The van der Waals surface area contributed by atoms with E-state index in [9.17, 15) is 13.6 Å². The van der Waals surface area contributed by atoms with Gasteiger partial charge in [-0.1, -0.05) is 11.6 Å². The fourth-order valence-corrected chi connectivity index (χ4v) is 2.91. The smallest absolute Gasteiger partial charge is 0.292 e. The Morgan fingerprint density at radius 2 is 2.00 bits per heavy atom. The van der Waals surface area contributed by atoms with Crippen molar-refractivity contribution < 1.29 is 8.78 Å². The second-order valence-electron chi connectivity index (χ2n) is 5.91. The van der Waals surface area contributed by atoms with E-state index in [1.54, 1.807) is 0 Å². The molecule has 0 bridgehead atoms. The van der Waals surface area contributed by atoms with E-state index in [0.29, 0.717) is 11.8 Å². The van der Waals surface area contributed by atoms with Gasteiger partial charge in [0.05, 0.1) is 11.9 Å². The van der Waals surface area contributed by atoms with Crippen LogP contribution in [0.1, 0.15) is 12.8 Å². The quantitative estimate of drug-likeness (QED) is 0.920. The van der Waals surface area contributed by atoms with E-state index in [4.69, 9.17) is 11.6 Å². The molecule has 0 saturated carbocycles. The summed E-state index contributed by atoms with van der Waals surface area (Å²) in [4.78, 5) is 14.6. The Balaban J connectivity index is 1.88. The van der Waals surface area contributed by atoms with Crippen LogP contribution in [0.2, 0.25) is 5.02 Å². The minimum atomic E-state index is -0.878. The molecule has 5 nitrogen and oxygen atoms in total. The van der Waals surface area contributed by atoms with Crippen molar-refractivity contribution in [2.45, 2.75) is 18.9 Å². The summed E-state index contributed by atoms with van der Waals surface area (Å²) in [5.74, 6) is -1.60. The number of likely N-dealkylation sites (tertiary alicyclic amines) is 1. The van der Waals surface area contributed by atoms with E-state index in [0.717, 1.165) is 42.7 Å². The third kappa shape index (κ3) is 3.42. The molecule has 8 heteroatoms. The molecule has 1 fully saturated rings. The van der Waals surface area contributed by atoms with Crippen molar-refractivity contribution in [2.75, 3.05) is 25.5 Å². The number of halogens is 3. The first-order valence-corrected chi connectivity index (χ1v) is 8.02. The first-order chi connectivity index (χ1) is 11.5. The number of hydrogen-bond donors (Lipinski definition) is 1. The normalized spacial score (nSPS) is 16.3. The van der Waals surface area contributed by atoms with Gasteiger partial charge in [-0.3, -0.25) is 4.79 Å². The summed E-state index contributed by atoms with van der Waals surface area (Å²) in [5.41, 5.74) is -0.371. The molecule has 0 spiro atoms. The molecule has 0 amide bonds. The standard InChI is InChI=1S/C16H17ClF2N4O/c1-22-6-4-11(5-7-22)21-13-9-20-23(16(24)15(13)17)14-3-2-10(18)8-12(14)19/h2-3,8-9,11,21H,4-7H2,1H3. The molecule has 3 rings (SSSR count). The van der Waals surface area contributed by atoms with E-state index >= 15 is 0 Å². The molecule has 2 heterocycles. The van der Waals surface area contributed by atoms with Gasteiger partial charge in [0.25, 0.3) is 5.56 Å². The number of aromatic nitrogens is 2. The summed E-state index contributed by atoms with van der Waals surface area (Å²) >= 11 is 6.14. The molecule has 0 unspecified atom stereocenters. The molecule has 1 aromatic heterocycles. The highest BCUT2D eigenvalue weighted by Crippen LogP contribution is 2.21. The van der Waals surface area contributed by atoms with Crippen LogP contribution in [-0.4, -0.2) is 40.9 Å². The summed E-state index contributed by atoms with van der Waals surface area (Å²) in [6, 6.07) is 3.12. The van der Waals surface area contributed by atoms with Gasteiger partial charge in [-0.05, 0) is 45.1 Å². The van der Waals surface area contributed by atoms with Gasteiger partial charge in [0.1, 0.15) is 16.5 Å². The van der Waals surface area contributed by atoms with Crippen LogP contribution in [-0.2, 0) is 0 Å². The molecule has 1 aliphatic rings. The van der Waals surface area contributed by atoms with Crippen molar-refractivity contribution in [2.24, 2.45) is 0 Å². The minimum Gasteiger partial charge on any atom is -0.380 e. The van der Waals surface area contributed by atoms with Crippen LogP contribution in [0.15, 0.2) is 29.2 Å². The zero-order valence-electron chi connectivity index (χ0n) is 13.1. The number of anilines is 1. The fourth-order valence-electron chi connectivity index (χ4n) is 2.73. The summed E-state index contributed by atoms with van der Waals surface area (Å²) in [6.45, 7) is 1.92. The molecule has 0 radical (unpaired) electrons. The molecule has 1 aliphatic heterocycles. The monoisotopic (exact) mass is 354 g/mol. The summed E-state index contributed by atoms with van der Waals surface area (Å²) in [6.07, 6.45) is 3.26. The Labute approximate surface area is 142 Å². The number of rotatable bonds is 3. The highest BCUT2D eigenvalue weighted by Gasteiger charge is 2.19. The number of piperidine rings is 1. The Hall–Kier alpha value is -1.99. The summed E-state index contributed by atoms with van der Waals surface area (Å²) in [7, 11) is 2.06. The molecule has 128 valence electrons. The van der Waals surface area contributed by atoms with Gasteiger partial charge in [0.2, 0.25) is 0 Å². The largest absolute Gasteiger partial charge is 0.380 e. The van der Waals surface area contributed by atoms with Gasteiger partial charge >= 0.3 is 0 Å². The van der Waals surface area contributed by atoms with Crippen molar-refractivity contribution in [1.82, 2.24) is 14.7 Å². The molecule has 0 atom stereocenters. The van der Waals surface area contributed by atoms with Crippen molar-refractivity contribution in [3.8, 4) is 5.69 Å². The van der Waals surface area contributed by atoms with E-state index in [-0.39, 0.29) is 16.8 Å². The maximum absolute atomic E-state index is 13.9. The third-order valence-corrected chi connectivity index (χ3v) is 4.50. The number of nitrogens with one attached hydrogen (secondary N) is 1. The molecular weight excluding hydrogens is 338 g/mol. The molecular formula is C16H17ClF2N4O.